The Morgan fingerprint density at radius 1 is 1.00 bits per heavy atom. The third-order valence-corrected chi connectivity index (χ3v) is 6.20. The molecule has 0 atom stereocenters. The van der Waals surface area contributed by atoms with E-state index in [0.717, 1.165) is 35.0 Å². The minimum Gasteiger partial charge on any atom is -0.261 e. The van der Waals surface area contributed by atoms with Crippen molar-refractivity contribution in [3.63, 3.8) is 0 Å². The third kappa shape index (κ3) is 2.25. The van der Waals surface area contributed by atoms with E-state index >= 15 is 0 Å². The normalized spacial score (nSPS) is 31.6. The predicted octanol–water partition coefficient (Wildman–Crippen LogP) is 4.77. The monoisotopic (exact) mass is 305 g/mol. The van der Waals surface area contributed by atoms with E-state index in [0.29, 0.717) is 0 Å². The molecule has 0 amide bonds. The summed E-state index contributed by atoms with van der Waals surface area (Å²) in [5.41, 5.74) is 7.01. The Labute approximate surface area is 137 Å². The molecule has 4 aliphatic rings. The second-order valence-electron chi connectivity index (χ2n) is 7.79. The number of fused-ring (bicyclic) bond motifs is 1. The van der Waals surface area contributed by atoms with Crippen molar-refractivity contribution < 1.29 is 0 Å². The molecule has 0 radical (unpaired) electrons. The Balaban J connectivity index is 1.44. The zero-order valence-electron chi connectivity index (χ0n) is 13.6. The Hall–Kier alpha value is -1.90. The van der Waals surface area contributed by atoms with Gasteiger partial charge in [0.05, 0.1) is 5.52 Å². The van der Waals surface area contributed by atoms with Crippen LogP contribution in [0, 0.1) is 30.6 Å². The minimum atomic E-state index is 0.736. The van der Waals surface area contributed by atoms with Crippen LogP contribution in [0.25, 0.3) is 10.9 Å². The van der Waals surface area contributed by atoms with Gasteiger partial charge in [-0.1, -0.05) is 18.2 Å². The van der Waals surface area contributed by atoms with Gasteiger partial charge in [-0.2, -0.15) is 5.10 Å². The molecule has 4 bridgehead atoms. The first-order valence-electron chi connectivity index (χ1n) is 8.96. The lowest BCUT2D eigenvalue weighted by molar-refractivity contribution is 0.108. The van der Waals surface area contributed by atoms with Crippen LogP contribution in [0.15, 0.2) is 35.4 Å². The van der Waals surface area contributed by atoms with Gasteiger partial charge in [-0.05, 0) is 80.4 Å². The first-order valence-corrected chi connectivity index (χ1v) is 8.96. The summed E-state index contributed by atoms with van der Waals surface area (Å²) in [6.45, 7) is 2.14. The summed E-state index contributed by atoms with van der Waals surface area (Å²) >= 11 is 0. The Morgan fingerprint density at radius 2 is 1.70 bits per heavy atom. The van der Waals surface area contributed by atoms with Crippen molar-refractivity contribution in [1.29, 1.82) is 0 Å². The van der Waals surface area contributed by atoms with E-state index in [2.05, 4.69) is 36.6 Å². The number of hydrogen-bond donors (Lipinski definition) is 1. The molecule has 4 saturated carbocycles. The van der Waals surface area contributed by atoms with E-state index in [1.165, 1.54) is 48.8 Å². The summed E-state index contributed by atoms with van der Waals surface area (Å²) < 4.78 is 0. The van der Waals surface area contributed by atoms with Crippen molar-refractivity contribution >= 4 is 22.4 Å². The molecule has 1 aromatic carbocycles. The van der Waals surface area contributed by atoms with Crippen molar-refractivity contribution in [1.82, 2.24) is 4.98 Å². The lowest BCUT2D eigenvalue weighted by Crippen LogP contribution is -2.45. The zero-order chi connectivity index (χ0) is 15.4. The van der Waals surface area contributed by atoms with E-state index in [4.69, 9.17) is 10.1 Å². The highest BCUT2D eigenvalue weighted by Gasteiger charge is 2.46. The number of rotatable bonds is 2. The highest BCUT2D eigenvalue weighted by molar-refractivity contribution is 5.91. The van der Waals surface area contributed by atoms with Crippen LogP contribution in [0.2, 0.25) is 0 Å². The van der Waals surface area contributed by atoms with E-state index in [1.54, 1.807) is 0 Å². The van der Waals surface area contributed by atoms with Gasteiger partial charge < -0.3 is 0 Å². The predicted molar refractivity (Wildman–Crippen MR) is 94.6 cm³/mol. The zero-order valence-corrected chi connectivity index (χ0v) is 13.6. The summed E-state index contributed by atoms with van der Waals surface area (Å²) in [7, 11) is 0. The van der Waals surface area contributed by atoms with Crippen LogP contribution >= 0.6 is 0 Å². The standard InChI is InChI=1S/C20H23N3/c1-12-6-19(21-18-5-3-2-4-17(12)18)22-23-20-15-8-13-7-14(10-15)11-16(20)9-13/h2-6,13-16H,7-11H2,1H3,(H,21,22). The number of benzene rings is 1. The Bertz CT molecular complexity index is 763. The van der Waals surface area contributed by atoms with Gasteiger partial charge in [0.2, 0.25) is 0 Å². The van der Waals surface area contributed by atoms with Crippen molar-refractivity contribution in [2.75, 3.05) is 5.43 Å². The molecule has 0 unspecified atom stereocenters. The van der Waals surface area contributed by atoms with Crippen molar-refractivity contribution in [2.45, 2.75) is 39.0 Å². The summed E-state index contributed by atoms with van der Waals surface area (Å²) in [5, 5.41) is 6.07. The van der Waals surface area contributed by atoms with Crippen LogP contribution < -0.4 is 5.43 Å². The second-order valence-corrected chi connectivity index (χ2v) is 7.79. The van der Waals surface area contributed by atoms with Crippen molar-refractivity contribution in [3.8, 4) is 0 Å². The molecule has 1 heterocycles. The van der Waals surface area contributed by atoms with Crippen LogP contribution in [0.1, 0.15) is 37.7 Å². The molecule has 23 heavy (non-hydrogen) atoms. The molecule has 3 heteroatoms. The van der Waals surface area contributed by atoms with Gasteiger partial charge in [0.15, 0.2) is 0 Å². The number of nitrogens with one attached hydrogen (secondary N) is 1. The molecule has 0 aliphatic heterocycles. The van der Waals surface area contributed by atoms with E-state index in [9.17, 15) is 0 Å². The lowest BCUT2D eigenvalue weighted by atomic mass is 9.55. The van der Waals surface area contributed by atoms with Gasteiger partial charge in [-0.3, -0.25) is 5.43 Å². The van der Waals surface area contributed by atoms with Crippen LogP contribution in [0.4, 0.5) is 5.82 Å². The molecule has 0 spiro atoms. The van der Waals surface area contributed by atoms with E-state index in [1.807, 2.05) is 6.07 Å². The first-order chi connectivity index (χ1) is 11.3. The average molecular weight is 305 g/mol. The molecular weight excluding hydrogens is 282 g/mol. The Kier molecular flexibility index (Phi) is 2.97. The first kappa shape index (κ1) is 13.5. The summed E-state index contributed by atoms with van der Waals surface area (Å²) in [4.78, 5) is 4.72. The molecule has 4 fully saturated rings. The van der Waals surface area contributed by atoms with Gasteiger partial charge in [-0.15, -0.1) is 0 Å². The molecule has 1 N–H and O–H groups in total. The molecule has 4 aliphatic carbocycles. The fraction of sp³-hybridized carbons (Fsp3) is 0.500. The summed E-state index contributed by atoms with van der Waals surface area (Å²) in [5.74, 6) is 4.32. The third-order valence-electron chi connectivity index (χ3n) is 6.20. The molecule has 1 aromatic heterocycles. The van der Waals surface area contributed by atoms with Gasteiger partial charge in [0, 0.05) is 11.1 Å². The molecule has 118 valence electrons. The second kappa shape index (κ2) is 5.05. The largest absolute Gasteiger partial charge is 0.261 e. The average Bonchev–Trinajstić information content (AvgIpc) is 2.54. The van der Waals surface area contributed by atoms with Crippen LogP contribution in [-0.4, -0.2) is 10.7 Å². The summed E-state index contributed by atoms with van der Waals surface area (Å²) in [6.07, 6.45) is 6.98. The maximum absolute atomic E-state index is 4.85. The van der Waals surface area contributed by atoms with Gasteiger partial charge in [0.25, 0.3) is 0 Å². The number of hydrazone groups is 1. The smallest absolute Gasteiger partial charge is 0.147 e. The number of nitrogens with zero attached hydrogens (tertiary/aromatic N) is 2. The molecular formula is C20H23N3. The number of anilines is 1. The fourth-order valence-electron chi connectivity index (χ4n) is 5.38. The number of para-hydroxylation sites is 1. The van der Waals surface area contributed by atoms with Crippen molar-refractivity contribution in [3.05, 3.63) is 35.9 Å². The molecule has 2 aromatic rings. The van der Waals surface area contributed by atoms with Crippen LogP contribution in [0.3, 0.4) is 0 Å². The lowest BCUT2D eigenvalue weighted by Gasteiger charge is -2.50. The topological polar surface area (TPSA) is 37.3 Å². The molecule has 6 rings (SSSR count). The number of aryl methyl sites for hydroxylation is 1. The highest BCUT2D eigenvalue weighted by Crippen LogP contribution is 2.52. The van der Waals surface area contributed by atoms with Crippen LogP contribution in [0.5, 0.6) is 0 Å². The van der Waals surface area contributed by atoms with Gasteiger partial charge >= 0.3 is 0 Å². The minimum absolute atomic E-state index is 0.736. The fourth-order valence-corrected chi connectivity index (χ4v) is 5.38. The van der Waals surface area contributed by atoms with Gasteiger partial charge in [-0.25, -0.2) is 4.98 Å². The molecule has 0 saturated heterocycles. The van der Waals surface area contributed by atoms with E-state index < -0.39 is 0 Å². The quantitative estimate of drug-likeness (QED) is 0.812. The van der Waals surface area contributed by atoms with Crippen LogP contribution in [-0.2, 0) is 0 Å². The SMILES string of the molecule is Cc1cc(NN=C2C3CC4CC(C3)CC2C4)nc2ccccc12. The summed E-state index contributed by atoms with van der Waals surface area (Å²) in [6, 6.07) is 10.4. The maximum Gasteiger partial charge on any atom is 0.147 e. The highest BCUT2D eigenvalue weighted by atomic mass is 15.3. The van der Waals surface area contributed by atoms with E-state index in [-0.39, 0.29) is 0 Å². The Morgan fingerprint density at radius 3 is 2.43 bits per heavy atom. The number of pyridine rings is 1. The molecule has 3 nitrogen and oxygen atoms in total. The number of hydrogen-bond acceptors (Lipinski definition) is 3. The number of aromatic nitrogens is 1. The van der Waals surface area contributed by atoms with Gasteiger partial charge in [0.1, 0.15) is 5.82 Å². The maximum atomic E-state index is 4.85. The van der Waals surface area contributed by atoms with Crippen molar-refractivity contribution in [2.24, 2.45) is 28.8 Å².